The molecule has 1 aliphatic rings. The van der Waals surface area contributed by atoms with Gasteiger partial charge >= 0.3 is 0 Å². The summed E-state index contributed by atoms with van der Waals surface area (Å²) >= 11 is 0. The van der Waals surface area contributed by atoms with E-state index in [4.69, 9.17) is 15.7 Å². The van der Waals surface area contributed by atoms with Crippen LogP contribution in [-0.2, 0) is 0 Å². The molecule has 1 atom stereocenters. The normalized spacial score (nSPS) is 20.7. The second-order valence-electron chi connectivity index (χ2n) is 4.61. The van der Waals surface area contributed by atoms with E-state index in [-0.39, 0.29) is 11.5 Å². The standard InChI is InChI=1S/C12H19N5O2/c1-17-7-2-3-9(17)4-8-19-12-10(11(13)16-18)14-5-6-15-12/h5-6,9,18H,2-4,7-8H2,1H3,(H2,13,16). The number of hydrogen-bond acceptors (Lipinski definition) is 6. The van der Waals surface area contributed by atoms with E-state index in [1.165, 1.54) is 25.2 Å². The van der Waals surface area contributed by atoms with Crippen LogP contribution < -0.4 is 10.5 Å². The van der Waals surface area contributed by atoms with Gasteiger partial charge in [-0.3, -0.25) is 0 Å². The van der Waals surface area contributed by atoms with Crippen LogP contribution in [0.15, 0.2) is 17.5 Å². The zero-order valence-electron chi connectivity index (χ0n) is 11.0. The van der Waals surface area contributed by atoms with Crippen LogP contribution in [0.5, 0.6) is 5.88 Å². The summed E-state index contributed by atoms with van der Waals surface area (Å²) in [5.41, 5.74) is 5.79. The monoisotopic (exact) mass is 265 g/mol. The number of likely N-dealkylation sites (tertiary alicyclic amines) is 1. The first-order valence-electron chi connectivity index (χ1n) is 6.34. The second kappa shape index (κ2) is 6.33. The molecule has 1 unspecified atom stereocenters. The van der Waals surface area contributed by atoms with Crippen molar-refractivity contribution in [3.8, 4) is 5.88 Å². The van der Waals surface area contributed by atoms with Crippen LogP contribution >= 0.6 is 0 Å². The summed E-state index contributed by atoms with van der Waals surface area (Å²) in [6, 6.07) is 0.559. The summed E-state index contributed by atoms with van der Waals surface area (Å²) < 4.78 is 5.60. The summed E-state index contributed by atoms with van der Waals surface area (Å²) in [7, 11) is 2.13. The summed E-state index contributed by atoms with van der Waals surface area (Å²) in [6.45, 7) is 1.69. The first-order valence-corrected chi connectivity index (χ1v) is 6.34. The van der Waals surface area contributed by atoms with E-state index in [1.807, 2.05) is 0 Å². The van der Waals surface area contributed by atoms with Gasteiger partial charge in [0.15, 0.2) is 11.5 Å². The van der Waals surface area contributed by atoms with Gasteiger partial charge in [0.1, 0.15) is 0 Å². The molecule has 0 spiro atoms. The maximum absolute atomic E-state index is 8.68. The Morgan fingerprint density at radius 2 is 2.37 bits per heavy atom. The molecule has 2 heterocycles. The van der Waals surface area contributed by atoms with Crippen LogP contribution in [0.4, 0.5) is 0 Å². The molecule has 1 aromatic rings. The molecule has 0 bridgehead atoms. The Balaban J connectivity index is 1.92. The Bertz CT molecular complexity index is 452. The molecule has 3 N–H and O–H groups in total. The molecule has 0 amide bonds. The van der Waals surface area contributed by atoms with E-state index >= 15 is 0 Å². The number of nitrogens with two attached hydrogens (primary N) is 1. The van der Waals surface area contributed by atoms with Crippen LogP contribution in [-0.4, -0.2) is 52.2 Å². The molecular weight excluding hydrogens is 246 g/mol. The molecule has 1 aliphatic heterocycles. The zero-order chi connectivity index (χ0) is 13.7. The lowest BCUT2D eigenvalue weighted by Crippen LogP contribution is -2.27. The third kappa shape index (κ3) is 3.31. The number of aromatic nitrogens is 2. The van der Waals surface area contributed by atoms with Gasteiger partial charge in [-0.05, 0) is 32.9 Å². The topological polar surface area (TPSA) is 96.9 Å². The third-order valence-electron chi connectivity index (χ3n) is 3.38. The van der Waals surface area contributed by atoms with Gasteiger partial charge < -0.3 is 20.6 Å². The second-order valence-corrected chi connectivity index (χ2v) is 4.61. The molecule has 0 aliphatic carbocycles. The van der Waals surface area contributed by atoms with Gasteiger partial charge in [0.05, 0.1) is 6.61 Å². The Morgan fingerprint density at radius 3 is 3.05 bits per heavy atom. The van der Waals surface area contributed by atoms with Crippen LogP contribution in [0.25, 0.3) is 0 Å². The van der Waals surface area contributed by atoms with Crippen molar-refractivity contribution < 1.29 is 9.94 Å². The SMILES string of the molecule is CN1CCCC1CCOc1nccnc1C(N)=NO. The molecule has 104 valence electrons. The van der Waals surface area contributed by atoms with Crippen LogP contribution in [0.1, 0.15) is 25.0 Å². The molecule has 7 heteroatoms. The lowest BCUT2D eigenvalue weighted by molar-refractivity contribution is 0.227. The summed E-state index contributed by atoms with van der Waals surface area (Å²) in [4.78, 5) is 10.4. The smallest absolute Gasteiger partial charge is 0.243 e. The maximum atomic E-state index is 8.68. The molecule has 0 radical (unpaired) electrons. The van der Waals surface area contributed by atoms with Crippen molar-refractivity contribution in [1.29, 1.82) is 0 Å². The highest BCUT2D eigenvalue weighted by atomic mass is 16.5. The lowest BCUT2D eigenvalue weighted by atomic mass is 10.1. The number of oxime groups is 1. The number of ether oxygens (including phenoxy) is 1. The Kier molecular flexibility index (Phi) is 4.51. The molecule has 0 aromatic carbocycles. The van der Waals surface area contributed by atoms with Gasteiger partial charge in [0, 0.05) is 18.4 Å². The van der Waals surface area contributed by atoms with Crippen molar-refractivity contribution in [3.63, 3.8) is 0 Å². The Morgan fingerprint density at radius 1 is 1.58 bits per heavy atom. The van der Waals surface area contributed by atoms with E-state index < -0.39 is 0 Å². The van der Waals surface area contributed by atoms with Crippen molar-refractivity contribution in [2.24, 2.45) is 10.9 Å². The van der Waals surface area contributed by atoms with Crippen molar-refractivity contribution >= 4 is 5.84 Å². The predicted octanol–water partition coefficient (Wildman–Crippen LogP) is 0.434. The van der Waals surface area contributed by atoms with Crippen molar-refractivity contribution in [1.82, 2.24) is 14.9 Å². The average Bonchev–Trinajstić information content (AvgIpc) is 2.84. The summed E-state index contributed by atoms with van der Waals surface area (Å²) in [5.74, 6) is 0.208. The summed E-state index contributed by atoms with van der Waals surface area (Å²) in [6.07, 6.45) is 6.37. The van der Waals surface area contributed by atoms with Gasteiger partial charge in [-0.2, -0.15) is 0 Å². The highest BCUT2D eigenvalue weighted by Gasteiger charge is 2.21. The van der Waals surface area contributed by atoms with Gasteiger partial charge in [-0.15, -0.1) is 0 Å². The average molecular weight is 265 g/mol. The van der Waals surface area contributed by atoms with Crippen molar-refractivity contribution in [2.45, 2.75) is 25.3 Å². The van der Waals surface area contributed by atoms with Crippen molar-refractivity contribution in [2.75, 3.05) is 20.2 Å². The fourth-order valence-electron chi connectivity index (χ4n) is 2.29. The third-order valence-corrected chi connectivity index (χ3v) is 3.38. The molecule has 1 fully saturated rings. The number of rotatable bonds is 5. The van der Waals surface area contributed by atoms with Crippen molar-refractivity contribution in [3.05, 3.63) is 18.1 Å². The highest BCUT2D eigenvalue weighted by molar-refractivity contribution is 5.97. The van der Waals surface area contributed by atoms with Gasteiger partial charge in [-0.1, -0.05) is 5.16 Å². The van der Waals surface area contributed by atoms with E-state index in [9.17, 15) is 0 Å². The minimum absolute atomic E-state index is 0.0962. The van der Waals surface area contributed by atoms with Gasteiger partial charge in [-0.25, -0.2) is 9.97 Å². The molecule has 0 saturated carbocycles. The molecule has 1 aromatic heterocycles. The highest BCUT2D eigenvalue weighted by Crippen LogP contribution is 2.18. The van der Waals surface area contributed by atoms with E-state index in [0.29, 0.717) is 18.5 Å². The van der Waals surface area contributed by atoms with E-state index in [0.717, 1.165) is 13.0 Å². The van der Waals surface area contributed by atoms with Crippen LogP contribution in [0, 0.1) is 0 Å². The number of hydrogen-bond donors (Lipinski definition) is 2. The fraction of sp³-hybridized carbons (Fsp3) is 0.583. The van der Waals surface area contributed by atoms with E-state index in [1.54, 1.807) is 0 Å². The largest absolute Gasteiger partial charge is 0.476 e. The lowest BCUT2D eigenvalue weighted by Gasteiger charge is -2.19. The van der Waals surface area contributed by atoms with Gasteiger partial charge in [0.2, 0.25) is 5.88 Å². The predicted molar refractivity (Wildman–Crippen MR) is 70.3 cm³/mol. The molecule has 19 heavy (non-hydrogen) atoms. The Labute approximate surface area is 112 Å². The maximum Gasteiger partial charge on any atom is 0.243 e. The van der Waals surface area contributed by atoms with Gasteiger partial charge in [0.25, 0.3) is 0 Å². The molecule has 7 nitrogen and oxygen atoms in total. The minimum Gasteiger partial charge on any atom is -0.476 e. The number of nitrogens with zero attached hydrogens (tertiary/aromatic N) is 4. The fourth-order valence-corrected chi connectivity index (χ4v) is 2.29. The quantitative estimate of drug-likeness (QED) is 0.347. The van der Waals surface area contributed by atoms with E-state index in [2.05, 4.69) is 27.1 Å². The molecule has 2 rings (SSSR count). The molecular formula is C12H19N5O2. The first kappa shape index (κ1) is 13.5. The van der Waals surface area contributed by atoms with Crippen LogP contribution in [0.3, 0.4) is 0 Å². The molecule has 1 saturated heterocycles. The first-order chi connectivity index (χ1) is 9.22. The Hall–Kier alpha value is -1.89. The zero-order valence-corrected chi connectivity index (χ0v) is 11.0. The van der Waals surface area contributed by atoms with Crippen LogP contribution in [0.2, 0.25) is 0 Å². The minimum atomic E-state index is -0.0962. The summed E-state index contributed by atoms with van der Waals surface area (Å²) in [5, 5.41) is 11.6. The number of amidine groups is 1.